The molecule has 1 N–H and O–H groups in total. The Kier molecular flexibility index (Phi) is 5.97. The van der Waals surface area contributed by atoms with Gasteiger partial charge in [-0.15, -0.1) is 0 Å². The standard InChI is InChI=1S/C14H30N2.ClH/c1-9(2)16(10(3)4)13-11(5)12(13)15-14(6,7)8;/h9-13,15H,1-8H3;1H/p-1. The van der Waals surface area contributed by atoms with Crippen molar-refractivity contribution in [1.82, 2.24) is 10.2 Å². The molecule has 3 heteroatoms. The molecule has 0 radical (unpaired) electrons. The molecule has 0 spiro atoms. The molecule has 0 aromatic heterocycles. The van der Waals surface area contributed by atoms with Gasteiger partial charge in [-0.2, -0.15) is 0 Å². The lowest BCUT2D eigenvalue weighted by Gasteiger charge is -2.32. The second-order valence-corrected chi connectivity index (χ2v) is 6.90. The van der Waals surface area contributed by atoms with E-state index in [4.69, 9.17) is 0 Å². The highest BCUT2D eigenvalue weighted by molar-refractivity contribution is 5.10. The summed E-state index contributed by atoms with van der Waals surface area (Å²) in [5.41, 5.74) is 0.229. The number of hydrogen-bond acceptors (Lipinski definition) is 2. The van der Waals surface area contributed by atoms with E-state index in [1.54, 1.807) is 0 Å². The minimum Gasteiger partial charge on any atom is -1.00 e. The van der Waals surface area contributed by atoms with Crippen molar-refractivity contribution in [2.24, 2.45) is 5.92 Å². The summed E-state index contributed by atoms with van der Waals surface area (Å²) in [6.45, 7) is 18.3. The van der Waals surface area contributed by atoms with E-state index < -0.39 is 0 Å². The summed E-state index contributed by atoms with van der Waals surface area (Å²) in [7, 11) is 0. The molecule has 0 aliphatic heterocycles. The Bertz CT molecular complexity index is 225. The summed E-state index contributed by atoms with van der Waals surface area (Å²) >= 11 is 0. The van der Waals surface area contributed by atoms with Gasteiger partial charge in [0.15, 0.2) is 0 Å². The SMILES string of the molecule is CC1C(NC(C)(C)C)C1N(C(C)C)C(C)C.[Cl-]. The average molecular weight is 262 g/mol. The summed E-state index contributed by atoms with van der Waals surface area (Å²) < 4.78 is 0. The van der Waals surface area contributed by atoms with Crippen LogP contribution in [-0.4, -0.2) is 34.6 Å². The first-order chi connectivity index (χ1) is 7.15. The fourth-order valence-corrected chi connectivity index (χ4v) is 2.90. The van der Waals surface area contributed by atoms with Gasteiger partial charge in [-0.1, -0.05) is 6.92 Å². The molecular formula is C14H30ClN2-. The van der Waals surface area contributed by atoms with Gasteiger partial charge >= 0.3 is 0 Å². The maximum atomic E-state index is 3.74. The fourth-order valence-electron chi connectivity index (χ4n) is 2.90. The molecule has 0 aromatic carbocycles. The minimum absolute atomic E-state index is 0. The van der Waals surface area contributed by atoms with Gasteiger partial charge in [-0.3, -0.25) is 4.90 Å². The van der Waals surface area contributed by atoms with Crippen LogP contribution in [0.25, 0.3) is 0 Å². The molecule has 0 bridgehead atoms. The lowest BCUT2D eigenvalue weighted by atomic mass is 10.1. The molecule has 1 rings (SSSR count). The quantitative estimate of drug-likeness (QED) is 0.760. The Morgan fingerprint density at radius 1 is 1.00 bits per heavy atom. The molecule has 0 saturated heterocycles. The third-order valence-corrected chi connectivity index (χ3v) is 3.47. The average Bonchev–Trinajstić information content (AvgIpc) is 2.58. The third-order valence-electron chi connectivity index (χ3n) is 3.47. The van der Waals surface area contributed by atoms with Crippen molar-refractivity contribution in [3.05, 3.63) is 0 Å². The zero-order valence-electron chi connectivity index (χ0n) is 12.7. The first-order valence-electron chi connectivity index (χ1n) is 6.70. The van der Waals surface area contributed by atoms with Crippen LogP contribution >= 0.6 is 0 Å². The van der Waals surface area contributed by atoms with Crippen LogP contribution in [0, 0.1) is 5.92 Å². The van der Waals surface area contributed by atoms with E-state index in [-0.39, 0.29) is 17.9 Å². The monoisotopic (exact) mass is 261 g/mol. The van der Waals surface area contributed by atoms with E-state index in [0.29, 0.717) is 18.1 Å². The van der Waals surface area contributed by atoms with Crippen molar-refractivity contribution < 1.29 is 12.4 Å². The van der Waals surface area contributed by atoms with Gasteiger partial charge in [-0.05, 0) is 54.4 Å². The minimum atomic E-state index is 0. The van der Waals surface area contributed by atoms with Crippen molar-refractivity contribution in [3.63, 3.8) is 0 Å². The molecule has 0 amide bonds. The molecule has 1 aliphatic rings. The van der Waals surface area contributed by atoms with Crippen LogP contribution in [0.4, 0.5) is 0 Å². The number of nitrogens with zero attached hydrogens (tertiary/aromatic N) is 1. The fraction of sp³-hybridized carbons (Fsp3) is 1.00. The van der Waals surface area contributed by atoms with Crippen LogP contribution in [0.15, 0.2) is 0 Å². The van der Waals surface area contributed by atoms with Crippen LogP contribution in [0.1, 0.15) is 55.4 Å². The van der Waals surface area contributed by atoms with Crippen LogP contribution in [0.3, 0.4) is 0 Å². The first kappa shape index (κ1) is 17.2. The highest BCUT2D eigenvalue weighted by Crippen LogP contribution is 2.39. The first-order valence-corrected chi connectivity index (χ1v) is 6.70. The summed E-state index contributed by atoms with van der Waals surface area (Å²) in [6.07, 6.45) is 0. The van der Waals surface area contributed by atoms with Crippen molar-refractivity contribution >= 4 is 0 Å². The maximum absolute atomic E-state index is 3.74. The van der Waals surface area contributed by atoms with Crippen molar-refractivity contribution in [2.45, 2.75) is 85.1 Å². The lowest BCUT2D eigenvalue weighted by molar-refractivity contribution is -0.00000512. The van der Waals surface area contributed by atoms with Crippen LogP contribution in [-0.2, 0) is 0 Å². The summed E-state index contributed by atoms with van der Waals surface area (Å²) in [6, 6.07) is 2.67. The third kappa shape index (κ3) is 4.42. The van der Waals surface area contributed by atoms with E-state index in [1.807, 2.05) is 0 Å². The Morgan fingerprint density at radius 2 is 1.41 bits per heavy atom. The van der Waals surface area contributed by atoms with E-state index in [1.165, 1.54) is 0 Å². The molecule has 1 aliphatic carbocycles. The second-order valence-electron chi connectivity index (χ2n) is 6.90. The second kappa shape index (κ2) is 5.90. The van der Waals surface area contributed by atoms with Gasteiger partial charge in [-0.25, -0.2) is 0 Å². The largest absolute Gasteiger partial charge is 1.00 e. The molecule has 104 valence electrons. The molecule has 3 atom stereocenters. The highest BCUT2D eigenvalue weighted by Gasteiger charge is 2.52. The van der Waals surface area contributed by atoms with Gasteiger partial charge in [0.2, 0.25) is 0 Å². The lowest BCUT2D eigenvalue weighted by Crippen LogP contribution is -3.00. The normalized spacial score (nSPS) is 28.8. The molecule has 17 heavy (non-hydrogen) atoms. The predicted octanol–water partition coefficient (Wildman–Crippen LogP) is -0.116. The smallest absolute Gasteiger partial charge is 0.0299 e. The van der Waals surface area contributed by atoms with Crippen molar-refractivity contribution in [3.8, 4) is 0 Å². The van der Waals surface area contributed by atoms with Gasteiger partial charge in [0, 0.05) is 29.7 Å². The van der Waals surface area contributed by atoms with Crippen molar-refractivity contribution in [2.75, 3.05) is 0 Å². The van der Waals surface area contributed by atoms with Crippen LogP contribution < -0.4 is 17.7 Å². The number of rotatable bonds is 4. The maximum Gasteiger partial charge on any atom is 0.0299 e. The highest BCUT2D eigenvalue weighted by atomic mass is 35.5. The molecule has 0 heterocycles. The van der Waals surface area contributed by atoms with E-state index in [0.717, 1.165) is 12.0 Å². The predicted molar refractivity (Wildman–Crippen MR) is 71.7 cm³/mol. The Labute approximate surface area is 114 Å². The summed E-state index contributed by atoms with van der Waals surface area (Å²) in [5.74, 6) is 0.782. The molecule has 2 nitrogen and oxygen atoms in total. The van der Waals surface area contributed by atoms with E-state index in [2.05, 4.69) is 65.6 Å². The van der Waals surface area contributed by atoms with Gasteiger partial charge in [0.1, 0.15) is 0 Å². The van der Waals surface area contributed by atoms with Gasteiger partial charge < -0.3 is 17.7 Å². The number of hydrogen-bond donors (Lipinski definition) is 1. The van der Waals surface area contributed by atoms with E-state index in [9.17, 15) is 0 Å². The Morgan fingerprint density at radius 3 is 1.71 bits per heavy atom. The number of nitrogens with one attached hydrogen (secondary N) is 1. The Balaban J connectivity index is 0.00000256. The number of halogens is 1. The van der Waals surface area contributed by atoms with E-state index >= 15 is 0 Å². The van der Waals surface area contributed by atoms with Crippen LogP contribution in [0.5, 0.6) is 0 Å². The van der Waals surface area contributed by atoms with Crippen LogP contribution in [0.2, 0.25) is 0 Å². The molecule has 3 unspecified atom stereocenters. The zero-order valence-corrected chi connectivity index (χ0v) is 13.5. The summed E-state index contributed by atoms with van der Waals surface area (Å²) in [4.78, 5) is 2.65. The molecule has 0 aromatic rings. The molecule has 1 fully saturated rings. The Hall–Kier alpha value is 0.210. The van der Waals surface area contributed by atoms with Gasteiger partial charge in [0.25, 0.3) is 0 Å². The van der Waals surface area contributed by atoms with Gasteiger partial charge in [0.05, 0.1) is 0 Å². The molecular weight excluding hydrogens is 232 g/mol. The summed E-state index contributed by atoms with van der Waals surface area (Å²) in [5, 5.41) is 3.74. The topological polar surface area (TPSA) is 15.3 Å². The van der Waals surface area contributed by atoms with Crippen molar-refractivity contribution in [1.29, 1.82) is 0 Å². The zero-order chi connectivity index (χ0) is 12.7. The molecule has 1 saturated carbocycles.